The van der Waals surface area contributed by atoms with Crippen LogP contribution in [0.5, 0.6) is 5.75 Å². The van der Waals surface area contributed by atoms with E-state index in [1.54, 1.807) is 0 Å². The van der Waals surface area contributed by atoms with Crippen molar-refractivity contribution in [1.29, 1.82) is 0 Å². The van der Waals surface area contributed by atoms with Crippen molar-refractivity contribution in [3.05, 3.63) is 65.2 Å². The molecule has 0 aliphatic carbocycles. The van der Waals surface area contributed by atoms with Crippen LogP contribution < -0.4 is 4.74 Å². The molecular formula is C18H20O2. The molecule has 2 heteroatoms. The third-order valence-electron chi connectivity index (χ3n) is 3.28. The Bertz CT molecular complexity index is 544. The summed E-state index contributed by atoms with van der Waals surface area (Å²) in [7, 11) is 0. The van der Waals surface area contributed by atoms with E-state index in [1.165, 1.54) is 11.1 Å². The van der Waals surface area contributed by atoms with Crippen LogP contribution in [0.1, 0.15) is 30.0 Å². The Balaban J connectivity index is 1.91. The monoisotopic (exact) mass is 268 g/mol. The second-order valence-electron chi connectivity index (χ2n) is 4.81. The highest BCUT2D eigenvalue weighted by Gasteiger charge is 1.98. The number of ether oxygens (including phenoxy) is 1. The van der Waals surface area contributed by atoms with Gasteiger partial charge in [0, 0.05) is 6.42 Å². The predicted molar refractivity (Wildman–Crippen MR) is 81.0 cm³/mol. The first kappa shape index (κ1) is 14.3. The summed E-state index contributed by atoms with van der Waals surface area (Å²) >= 11 is 0. The van der Waals surface area contributed by atoms with Crippen molar-refractivity contribution in [1.82, 2.24) is 0 Å². The smallest absolute Gasteiger partial charge is 0.120 e. The largest absolute Gasteiger partial charge is 0.489 e. The van der Waals surface area contributed by atoms with E-state index in [0.717, 1.165) is 30.4 Å². The molecule has 0 spiro atoms. The van der Waals surface area contributed by atoms with Crippen LogP contribution in [-0.2, 0) is 24.2 Å². The molecule has 0 aromatic heterocycles. The molecule has 0 radical (unpaired) electrons. The second kappa shape index (κ2) is 7.49. The van der Waals surface area contributed by atoms with Gasteiger partial charge in [0.25, 0.3) is 0 Å². The maximum atomic E-state index is 10.3. The van der Waals surface area contributed by atoms with Gasteiger partial charge < -0.3 is 9.53 Å². The Morgan fingerprint density at radius 1 is 1.00 bits per heavy atom. The highest BCUT2D eigenvalue weighted by molar-refractivity contribution is 5.50. The molecule has 2 aromatic carbocycles. The quantitative estimate of drug-likeness (QED) is 0.710. The summed E-state index contributed by atoms with van der Waals surface area (Å²) in [4.78, 5) is 10.3. The Morgan fingerprint density at radius 2 is 1.75 bits per heavy atom. The topological polar surface area (TPSA) is 26.3 Å². The Hall–Kier alpha value is -2.09. The van der Waals surface area contributed by atoms with Gasteiger partial charge in [-0.25, -0.2) is 0 Å². The van der Waals surface area contributed by atoms with Gasteiger partial charge in [-0.15, -0.1) is 0 Å². The summed E-state index contributed by atoms with van der Waals surface area (Å²) in [6.45, 7) is 2.74. The SMILES string of the molecule is CCc1cccc(COc2ccc(CCC=O)cc2)c1. The molecule has 2 nitrogen and oxygen atoms in total. The van der Waals surface area contributed by atoms with Crippen LogP contribution in [0, 0.1) is 0 Å². The third-order valence-corrected chi connectivity index (χ3v) is 3.28. The minimum Gasteiger partial charge on any atom is -0.489 e. The van der Waals surface area contributed by atoms with Gasteiger partial charge in [-0.05, 0) is 41.7 Å². The Morgan fingerprint density at radius 3 is 2.45 bits per heavy atom. The summed E-state index contributed by atoms with van der Waals surface area (Å²) in [5.74, 6) is 0.863. The molecule has 0 aliphatic rings. The number of hydrogen-bond donors (Lipinski definition) is 0. The first-order valence-corrected chi connectivity index (χ1v) is 7.05. The van der Waals surface area contributed by atoms with E-state index < -0.39 is 0 Å². The third kappa shape index (κ3) is 4.23. The second-order valence-corrected chi connectivity index (χ2v) is 4.81. The fourth-order valence-corrected chi connectivity index (χ4v) is 2.08. The zero-order valence-electron chi connectivity index (χ0n) is 11.8. The molecule has 0 atom stereocenters. The van der Waals surface area contributed by atoms with E-state index >= 15 is 0 Å². The first-order valence-electron chi connectivity index (χ1n) is 7.05. The lowest BCUT2D eigenvalue weighted by atomic mass is 10.1. The first-order chi connectivity index (χ1) is 9.81. The van der Waals surface area contributed by atoms with Crippen molar-refractivity contribution in [2.75, 3.05) is 0 Å². The standard InChI is InChI=1S/C18H20O2/c1-2-15-5-3-6-17(13-15)14-20-18-10-8-16(9-11-18)7-4-12-19/h3,5-6,8-13H,2,4,7,14H2,1H3. The van der Waals surface area contributed by atoms with Gasteiger partial charge in [-0.2, -0.15) is 0 Å². The zero-order valence-corrected chi connectivity index (χ0v) is 11.8. The van der Waals surface area contributed by atoms with Crippen molar-refractivity contribution < 1.29 is 9.53 Å². The van der Waals surface area contributed by atoms with Crippen molar-refractivity contribution in [3.8, 4) is 5.75 Å². The zero-order chi connectivity index (χ0) is 14.2. The highest BCUT2D eigenvalue weighted by Crippen LogP contribution is 2.15. The van der Waals surface area contributed by atoms with E-state index in [1.807, 2.05) is 24.3 Å². The van der Waals surface area contributed by atoms with Gasteiger partial charge in [0.15, 0.2) is 0 Å². The maximum absolute atomic E-state index is 10.3. The predicted octanol–water partition coefficient (Wildman–Crippen LogP) is 3.96. The molecule has 20 heavy (non-hydrogen) atoms. The normalized spacial score (nSPS) is 10.2. The summed E-state index contributed by atoms with van der Waals surface area (Å²) in [5, 5.41) is 0. The maximum Gasteiger partial charge on any atom is 0.120 e. The van der Waals surface area contributed by atoms with E-state index in [4.69, 9.17) is 4.74 Å². The van der Waals surface area contributed by atoms with Crippen LogP contribution in [0.3, 0.4) is 0 Å². The van der Waals surface area contributed by atoms with Gasteiger partial charge >= 0.3 is 0 Å². The van der Waals surface area contributed by atoms with Gasteiger partial charge in [-0.1, -0.05) is 43.3 Å². The van der Waals surface area contributed by atoms with E-state index in [2.05, 4.69) is 31.2 Å². The average molecular weight is 268 g/mol. The van der Waals surface area contributed by atoms with Crippen molar-refractivity contribution >= 4 is 6.29 Å². The van der Waals surface area contributed by atoms with Crippen LogP contribution in [0.25, 0.3) is 0 Å². The molecule has 0 saturated carbocycles. The molecule has 0 saturated heterocycles. The average Bonchev–Trinajstić information content (AvgIpc) is 2.52. The molecule has 104 valence electrons. The number of rotatable bonds is 7. The fourth-order valence-electron chi connectivity index (χ4n) is 2.08. The number of aldehydes is 1. The summed E-state index contributed by atoms with van der Waals surface area (Å²) < 4.78 is 5.78. The molecule has 0 heterocycles. The summed E-state index contributed by atoms with van der Waals surface area (Å²) in [6, 6.07) is 16.4. The van der Waals surface area contributed by atoms with Gasteiger partial charge in [0.1, 0.15) is 18.6 Å². The molecule has 0 amide bonds. The number of benzene rings is 2. The lowest BCUT2D eigenvalue weighted by Gasteiger charge is -2.08. The number of carbonyl (C=O) groups excluding carboxylic acids is 1. The van der Waals surface area contributed by atoms with Crippen molar-refractivity contribution in [2.24, 2.45) is 0 Å². The van der Waals surface area contributed by atoms with Crippen LogP contribution in [0.2, 0.25) is 0 Å². The molecular weight excluding hydrogens is 248 g/mol. The minimum atomic E-state index is 0.573. The van der Waals surface area contributed by atoms with Crippen LogP contribution in [0.4, 0.5) is 0 Å². The van der Waals surface area contributed by atoms with Crippen molar-refractivity contribution in [2.45, 2.75) is 32.8 Å². The van der Waals surface area contributed by atoms with Crippen LogP contribution in [0.15, 0.2) is 48.5 Å². The molecule has 0 bridgehead atoms. The Kier molecular flexibility index (Phi) is 5.36. The molecule has 0 aliphatic heterocycles. The Labute approximate surface area is 120 Å². The lowest BCUT2D eigenvalue weighted by Crippen LogP contribution is -1.96. The molecule has 0 fully saturated rings. The highest BCUT2D eigenvalue weighted by atomic mass is 16.5. The minimum absolute atomic E-state index is 0.573. The van der Waals surface area contributed by atoms with Gasteiger partial charge in [0.05, 0.1) is 0 Å². The van der Waals surface area contributed by atoms with E-state index in [0.29, 0.717) is 13.0 Å². The fraction of sp³-hybridized carbons (Fsp3) is 0.278. The van der Waals surface area contributed by atoms with Crippen LogP contribution >= 0.6 is 0 Å². The number of carbonyl (C=O) groups is 1. The van der Waals surface area contributed by atoms with Crippen LogP contribution in [-0.4, -0.2) is 6.29 Å². The summed E-state index contributed by atoms with van der Waals surface area (Å²) in [6.07, 6.45) is 3.36. The van der Waals surface area contributed by atoms with Gasteiger partial charge in [-0.3, -0.25) is 0 Å². The summed E-state index contributed by atoms with van der Waals surface area (Å²) in [5.41, 5.74) is 3.68. The molecule has 2 rings (SSSR count). The molecule has 0 N–H and O–H groups in total. The number of aryl methyl sites for hydroxylation is 2. The van der Waals surface area contributed by atoms with E-state index in [-0.39, 0.29) is 0 Å². The lowest BCUT2D eigenvalue weighted by molar-refractivity contribution is -0.107. The molecule has 0 unspecified atom stereocenters. The van der Waals surface area contributed by atoms with Gasteiger partial charge in [0.2, 0.25) is 0 Å². The van der Waals surface area contributed by atoms with Crippen molar-refractivity contribution in [3.63, 3.8) is 0 Å². The van der Waals surface area contributed by atoms with E-state index in [9.17, 15) is 4.79 Å². The number of hydrogen-bond acceptors (Lipinski definition) is 2. The molecule has 2 aromatic rings.